The number of hydrogen-bond acceptors (Lipinski definition) is 1. The van der Waals surface area contributed by atoms with Gasteiger partial charge in [0.25, 0.3) is 6.43 Å². The standard InChI is InChI=1S/C11H21F2N/c1-8(2)9-4-3-5-10(6-9)14-7-11(12)13/h8-11,14H,3-7H2,1-2H3. The molecule has 0 spiro atoms. The maximum Gasteiger partial charge on any atom is 0.250 e. The highest BCUT2D eigenvalue weighted by atomic mass is 19.3. The van der Waals surface area contributed by atoms with Gasteiger partial charge in [-0.05, 0) is 24.7 Å². The zero-order chi connectivity index (χ0) is 10.6. The molecule has 1 nitrogen and oxygen atoms in total. The Bertz CT molecular complexity index is 159. The molecule has 2 unspecified atom stereocenters. The molecule has 0 bridgehead atoms. The molecule has 1 rings (SSSR count). The summed E-state index contributed by atoms with van der Waals surface area (Å²) in [6.07, 6.45) is 2.38. The quantitative estimate of drug-likeness (QED) is 0.743. The molecule has 0 aromatic rings. The Balaban J connectivity index is 2.25. The van der Waals surface area contributed by atoms with Crippen molar-refractivity contribution < 1.29 is 8.78 Å². The van der Waals surface area contributed by atoms with Gasteiger partial charge in [-0.3, -0.25) is 0 Å². The van der Waals surface area contributed by atoms with E-state index in [0.29, 0.717) is 12.0 Å². The predicted octanol–water partition coefficient (Wildman–Crippen LogP) is 3.06. The summed E-state index contributed by atoms with van der Waals surface area (Å²) in [5, 5.41) is 2.96. The van der Waals surface area contributed by atoms with Crippen molar-refractivity contribution in [3.05, 3.63) is 0 Å². The zero-order valence-corrected chi connectivity index (χ0v) is 9.10. The third kappa shape index (κ3) is 3.91. The summed E-state index contributed by atoms with van der Waals surface area (Å²) in [5.74, 6) is 1.41. The van der Waals surface area contributed by atoms with E-state index in [0.717, 1.165) is 18.8 Å². The highest BCUT2D eigenvalue weighted by Crippen LogP contribution is 2.29. The lowest BCUT2D eigenvalue weighted by atomic mass is 9.79. The first-order chi connectivity index (χ1) is 6.59. The number of hydrogen-bond donors (Lipinski definition) is 1. The van der Waals surface area contributed by atoms with E-state index in [1.54, 1.807) is 0 Å². The van der Waals surface area contributed by atoms with Gasteiger partial charge in [0.1, 0.15) is 0 Å². The van der Waals surface area contributed by atoms with Crippen LogP contribution in [0.2, 0.25) is 0 Å². The first-order valence-corrected chi connectivity index (χ1v) is 5.61. The molecule has 0 saturated heterocycles. The molecule has 0 aromatic carbocycles. The molecular weight excluding hydrogens is 184 g/mol. The highest BCUT2D eigenvalue weighted by molar-refractivity contribution is 4.79. The van der Waals surface area contributed by atoms with E-state index in [1.807, 2.05) is 0 Å². The summed E-state index contributed by atoms with van der Waals surface area (Å²) >= 11 is 0. The molecule has 0 aromatic heterocycles. The average molecular weight is 205 g/mol. The van der Waals surface area contributed by atoms with Gasteiger partial charge in [0.15, 0.2) is 0 Å². The lowest BCUT2D eigenvalue weighted by Gasteiger charge is -2.32. The summed E-state index contributed by atoms with van der Waals surface area (Å²) in [4.78, 5) is 0. The van der Waals surface area contributed by atoms with E-state index < -0.39 is 6.43 Å². The van der Waals surface area contributed by atoms with E-state index in [9.17, 15) is 8.78 Å². The average Bonchev–Trinajstić information content (AvgIpc) is 2.15. The van der Waals surface area contributed by atoms with Crippen LogP contribution in [0.1, 0.15) is 39.5 Å². The van der Waals surface area contributed by atoms with Gasteiger partial charge in [-0.1, -0.05) is 26.7 Å². The van der Waals surface area contributed by atoms with Crippen LogP contribution in [0.15, 0.2) is 0 Å². The Morgan fingerprint density at radius 3 is 2.57 bits per heavy atom. The SMILES string of the molecule is CC(C)C1CCCC(NCC(F)F)C1. The van der Waals surface area contributed by atoms with Crippen molar-refractivity contribution in [1.82, 2.24) is 5.32 Å². The monoisotopic (exact) mass is 205 g/mol. The maximum atomic E-state index is 12.0. The van der Waals surface area contributed by atoms with Crippen LogP contribution in [0.5, 0.6) is 0 Å². The number of alkyl halides is 2. The van der Waals surface area contributed by atoms with Crippen molar-refractivity contribution >= 4 is 0 Å². The first-order valence-electron chi connectivity index (χ1n) is 5.61. The Labute approximate surface area is 85.3 Å². The molecule has 3 heteroatoms. The number of halogens is 2. The fraction of sp³-hybridized carbons (Fsp3) is 1.00. The van der Waals surface area contributed by atoms with Crippen molar-refractivity contribution in [1.29, 1.82) is 0 Å². The third-order valence-corrected chi connectivity index (χ3v) is 3.22. The molecule has 0 aliphatic heterocycles. The Kier molecular flexibility index (Phi) is 4.79. The van der Waals surface area contributed by atoms with Gasteiger partial charge in [0, 0.05) is 6.04 Å². The third-order valence-electron chi connectivity index (χ3n) is 3.22. The molecule has 0 amide bonds. The molecule has 1 aliphatic carbocycles. The van der Waals surface area contributed by atoms with Crippen LogP contribution in [0.4, 0.5) is 8.78 Å². The highest BCUT2D eigenvalue weighted by Gasteiger charge is 2.24. The van der Waals surface area contributed by atoms with Crippen LogP contribution in [0.3, 0.4) is 0 Å². The Hall–Kier alpha value is -0.180. The van der Waals surface area contributed by atoms with Crippen LogP contribution >= 0.6 is 0 Å². The molecule has 1 N–H and O–H groups in total. The van der Waals surface area contributed by atoms with E-state index in [-0.39, 0.29) is 6.54 Å². The normalized spacial score (nSPS) is 28.7. The van der Waals surface area contributed by atoms with Crippen LogP contribution in [0.25, 0.3) is 0 Å². The second-order valence-electron chi connectivity index (χ2n) is 4.67. The molecular formula is C11H21F2N. The van der Waals surface area contributed by atoms with Gasteiger partial charge in [-0.25, -0.2) is 8.78 Å². The van der Waals surface area contributed by atoms with Crippen molar-refractivity contribution in [3.63, 3.8) is 0 Å². The molecule has 1 aliphatic rings. The summed E-state index contributed by atoms with van der Waals surface area (Å²) in [7, 11) is 0. The smallest absolute Gasteiger partial charge is 0.250 e. The Morgan fingerprint density at radius 1 is 1.29 bits per heavy atom. The molecule has 1 fully saturated rings. The summed E-state index contributed by atoms with van der Waals surface area (Å²) < 4.78 is 24.0. The van der Waals surface area contributed by atoms with E-state index in [1.165, 1.54) is 12.8 Å². The molecule has 1 saturated carbocycles. The minimum Gasteiger partial charge on any atom is -0.309 e. The lowest BCUT2D eigenvalue weighted by molar-refractivity contribution is 0.131. The summed E-state index contributed by atoms with van der Waals surface area (Å²) in [6.45, 7) is 4.30. The van der Waals surface area contributed by atoms with Gasteiger partial charge >= 0.3 is 0 Å². The van der Waals surface area contributed by atoms with Crippen LogP contribution < -0.4 is 5.32 Å². The van der Waals surface area contributed by atoms with E-state index in [2.05, 4.69) is 19.2 Å². The van der Waals surface area contributed by atoms with E-state index in [4.69, 9.17) is 0 Å². The second kappa shape index (κ2) is 5.64. The van der Waals surface area contributed by atoms with Crippen LogP contribution in [-0.4, -0.2) is 19.0 Å². The molecule has 2 atom stereocenters. The van der Waals surface area contributed by atoms with Gasteiger partial charge in [0.2, 0.25) is 0 Å². The first kappa shape index (κ1) is 11.9. The molecule has 14 heavy (non-hydrogen) atoms. The summed E-state index contributed by atoms with van der Waals surface area (Å²) in [6, 6.07) is 0.324. The lowest BCUT2D eigenvalue weighted by Crippen LogP contribution is -2.37. The number of rotatable bonds is 4. The zero-order valence-electron chi connectivity index (χ0n) is 9.10. The van der Waals surface area contributed by atoms with Crippen molar-refractivity contribution in [2.24, 2.45) is 11.8 Å². The maximum absolute atomic E-state index is 12.0. The van der Waals surface area contributed by atoms with Crippen molar-refractivity contribution in [2.75, 3.05) is 6.54 Å². The van der Waals surface area contributed by atoms with Crippen LogP contribution in [0, 0.1) is 11.8 Å². The van der Waals surface area contributed by atoms with Gasteiger partial charge in [-0.2, -0.15) is 0 Å². The fourth-order valence-corrected chi connectivity index (χ4v) is 2.27. The van der Waals surface area contributed by atoms with Gasteiger partial charge in [-0.15, -0.1) is 0 Å². The van der Waals surface area contributed by atoms with Crippen molar-refractivity contribution in [3.8, 4) is 0 Å². The molecule has 84 valence electrons. The van der Waals surface area contributed by atoms with Gasteiger partial charge < -0.3 is 5.32 Å². The number of nitrogens with one attached hydrogen (secondary N) is 1. The predicted molar refractivity (Wildman–Crippen MR) is 54.6 cm³/mol. The largest absolute Gasteiger partial charge is 0.309 e. The minimum atomic E-state index is -2.21. The summed E-state index contributed by atoms with van der Waals surface area (Å²) in [5.41, 5.74) is 0. The second-order valence-corrected chi connectivity index (χ2v) is 4.67. The molecule has 0 radical (unpaired) electrons. The van der Waals surface area contributed by atoms with Gasteiger partial charge in [0.05, 0.1) is 6.54 Å². The Morgan fingerprint density at radius 2 is 2.00 bits per heavy atom. The molecule has 0 heterocycles. The fourth-order valence-electron chi connectivity index (χ4n) is 2.27. The van der Waals surface area contributed by atoms with E-state index >= 15 is 0 Å². The minimum absolute atomic E-state index is 0.143. The van der Waals surface area contributed by atoms with Crippen LogP contribution in [-0.2, 0) is 0 Å². The topological polar surface area (TPSA) is 12.0 Å². The van der Waals surface area contributed by atoms with Crippen molar-refractivity contribution in [2.45, 2.75) is 52.0 Å².